The largest absolute Gasteiger partial charge is 0.572 e. The minimum atomic E-state index is -3.72. The summed E-state index contributed by atoms with van der Waals surface area (Å²) < 4.78 is 28.9. The maximum Gasteiger partial charge on any atom is 0.123 e. The minimum absolute atomic E-state index is 0.148. The van der Waals surface area contributed by atoms with E-state index in [1.54, 1.807) is 37.3 Å². The minimum Gasteiger partial charge on any atom is -0.572 e. The predicted molar refractivity (Wildman–Crippen MR) is 80.5 cm³/mol. The second kappa shape index (κ2) is 5.53. The molecule has 6 heteroatoms. The van der Waals surface area contributed by atoms with E-state index < -0.39 is 10.0 Å². The fourth-order valence-corrected chi connectivity index (χ4v) is 2.96. The van der Waals surface area contributed by atoms with E-state index in [9.17, 15) is 8.42 Å². The molecule has 0 aliphatic rings. The number of hydrogen-bond acceptors (Lipinski definition) is 2. The molecule has 0 saturated carbocycles. The molecule has 100 valence electrons. The van der Waals surface area contributed by atoms with E-state index in [1.165, 1.54) is 12.1 Å². The van der Waals surface area contributed by atoms with E-state index in [-0.39, 0.29) is 4.90 Å². The number of nitrogens with zero attached hydrogens (tertiary/aromatic N) is 1. The maximum absolute atomic E-state index is 12.2. The van der Waals surface area contributed by atoms with Gasteiger partial charge in [-0.25, -0.2) is 8.42 Å². The molecule has 0 amide bonds. The smallest absolute Gasteiger partial charge is 0.123 e. The van der Waals surface area contributed by atoms with Crippen molar-refractivity contribution in [2.24, 2.45) is 0 Å². The number of rotatable bonds is 3. The summed E-state index contributed by atoms with van der Waals surface area (Å²) >= 11 is 9.21. The van der Waals surface area contributed by atoms with Crippen molar-refractivity contribution in [2.75, 3.05) is 0 Å². The number of hydrogen-bond donors (Lipinski definition) is 0. The van der Waals surface area contributed by atoms with Crippen LogP contribution in [0, 0.1) is 6.92 Å². The van der Waals surface area contributed by atoms with Gasteiger partial charge in [-0.15, -0.1) is 5.69 Å². The van der Waals surface area contributed by atoms with Crippen molar-refractivity contribution >= 4 is 43.2 Å². The lowest BCUT2D eigenvalue weighted by atomic mass is 10.2. The number of benzene rings is 2. The highest BCUT2D eigenvalue weighted by Crippen LogP contribution is 2.34. The van der Waals surface area contributed by atoms with Gasteiger partial charge in [0.1, 0.15) is 10.0 Å². The summed E-state index contributed by atoms with van der Waals surface area (Å²) in [5.74, 6) is 0. The Hall–Kier alpha value is -1.04. The normalized spacial score (nSPS) is 11.3. The van der Waals surface area contributed by atoms with E-state index in [0.29, 0.717) is 16.3 Å². The summed E-state index contributed by atoms with van der Waals surface area (Å²) in [6.07, 6.45) is 0. The summed E-state index contributed by atoms with van der Waals surface area (Å²) in [5.41, 5.74) is 1.00. The first-order valence-corrected chi connectivity index (χ1v) is 8.00. The van der Waals surface area contributed by atoms with Gasteiger partial charge in [-0.3, -0.25) is 0 Å². The second-order valence-corrected chi connectivity index (χ2v) is 6.83. The first-order valence-electron chi connectivity index (χ1n) is 5.39. The molecule has 2 rings (SSSR count). The van der Waals surface area contributed by atoms with Crippen LogP contribution in [0.15, 0.2) is 51.8 Å². The average molecular weight is 360 g/mol. The van der Waals surface area contributed by atoms with Crippen LogP contribution in [-0.2, 0) is 10.0 Å². The first-order chi connectivity index (χ1) is 8.90. The van der Waals surface area contributed by atoms with Crippen molar-refractivity contribution in [3.63, 3.8) is 0 Å². The lowest BCUT2D eigenvalue weighted by molar-refractivity contribution is 0.603. The Morgan fingerprint density at radius 2 is 1.74 bits per heavy atom. The topological polar surface area (TPSA) is 48.2 Å². The van der Waals surface area contributed by atoms with E-state index in [4.69, 9.17) is 11.6 Å². The van der Waals surface area contributed by atoms with Crippen molar-refractivity contribution in [3.05, 3.63) is 62.2 Å². The molecular formula is C13H10BrClNO2S-. The average Bonchev–Trinajstić information content (AvgIpc) is 2.35. The van der Waals surface area contributed by atoms with Gasteiger partial charge < -0.3 is 4.72 Å². The summed E-state index contributed by atoms with van der Waals surface area (Å²) in [4.78, 5) is 0.148. The first kappa shape index (κ1) is 14.4. The molecule has 0 heterocycles. The monoisotopic (exact) mass is 358 g/mol. The lowest BCUT2D eigenvalue weighted by Crippen LogP contribution is -1.98. The third kappa shape index (κ3) is 3.29. The molecule has 0 aliphatic heterocycles. The molecule has 0 spiro atoms. The van der Waals surface area contributed by atoms with Crippen molar-refractivity contribution in [3.8, 4) is 0 Å². The molecular weight excluding hydrogens is 350 g/mol. The molecule has 0 bridgehead atoms. The fourth-order valence-electron chi connectivity index (χ4n) is 1.48. The summed E-state index contributed by atoms with van der Waals surface area (Å²) in [6.45, 7) is 1.73. The molecule has 0 atom stereocenters. The zero-order chi connectivity index (χ0) is 14.0. The molecule has 2 aromatic rings. The molecule has 0 fully saturated rings. The van der Waals surface area contributed by atoms with Crippen molar-refractivity contribution in [1.29, 1.82) is 0 Å². The molecule has 19 heavy (non-hydrogen) atoms. The molecule has 0 radical (unpaired) electrons. The predicted octanol–water partition coefficient (Wildman–Crippen LogP) is 4.81. The Balaban J connectivity index is 2.36. The van der Waals surface area contributed by atoms with Crippen molar-refractivity contribution in [2.45, 2.75) is 11.8 Å². The highest BCUT2D eigenvalue weighted by molar-refractivity contribution is 9.10. The van der Waals surface area contributed by atoms with Crippen molar-refractivity contribution in [1.82, 2.24) is 0 Å². The van der Waals surface area contributed by atoms with E-state index in [2.05, 4.69) is 20.7 Å². The molecule has 0 N–H and O–H groups in total. The van der Waals surface area contributed by atoms with Crippen LogP contribution < -0.4 is 0 Å². The molecule has 0 aliphatic carbocycles. The van der Waals surface area contributed by atoms with Gasteiger partial charge in [0.15, 0.2) is 0 Å². The van der Waals surface area contributed by atoms with Crippen LogP contribution in [0.3, 0.4) is 0 Å². The van der Waals surface area contributed by atoms with Gasteiger partial charge in [0.2, 0.25) is 0 Å². The highest BCUT2D eigenvalue weighted by Gasteiger charge is 2.06. The molecule has 0 unspecified atom stereocenters. The quantitative estimate of drug-likeness (QED) is 0.790. The third-order valence-electron chi connectivity index (χ3n) is 2.57. The number of sulfonamides is 1. The van der Waals surface area contributed by atoms with E-state index >= 15 is 0 Å². The van der Waals surface area contributed by atoms with Crippen LogP contribution in [0.25, 0.3) is 4.72 Å². The maximum atomic E-state index is 12.2. The fraction of sp³-hybridized carbons (Fsp3) is 0.0769. The highest BCUT2D eigenvalue weighted by atomic mass is 79.9. The summed E-state index contributed by atoms with van der Waals surface area (Å²) in [7, 11) is -3.72. The van der Waals surface area contributed by atoms with Gasteiger partial charge in [-0.05, 0) is 42.8 Å². The SMILES string of the molecule is Cc1c(Cl)cccc1[N-]S(=O)(=O)c1ccc(Br)cc1. The standard InChI is InChI=1S/C13H10BrClNO2S/c1-9-12(15)3-2-4-13(9)16-19(17,18)11-7-5-10(14)6-8-11/h2-8H,1H3/q-1. The van der Waals surface area contributed by atoms with Gasteiger partial charge in [0.25, 0.3) is 0 Å². The van der Waals surface area contributed by atoms with Crippen LogP contribution in [-0.4, -0.2) is 8.42 Å². The zero-order valence-corrected chi connectivity index (χ0v) is 13.1. The van der Waals surface area contributed by atoms with Crippen LogP contribution in [0.1, 0.15) is 5.56 Å². The van der Waals surface area contributed by atoms with Crippen LogP contribution >= 0.6 is 27.5 Å². The Kier molecular flexibility index (Phi) is 4.18. The number of halogens is 2. The Labute approximate surface area is 125 Å². The van der Waals surface area contributed by atoms with E-state index in [0.717, 1.165) is 4.47 Å². The van der Waals surface area contributed by atoms with Crippen LogP contribution in [0.4, 0.5) is 5.69 Å². The molecule has 2 aromatic carbocycles. The van der Waals surface area contributed by atoms with Crippen LogP contribution in [0.2, 0.25) is 5.02 Å². The van der Waals surface area contributed by atoms with E-state index in [1.807, 2.05) is 0 Å². The third-order valence-corrected chi connectivity index (χ3v) is 4.81. The Morgan fingerprint density at radius 3 is 2.37 bits per heavy atom. The summed E-state index contributed by atoms with van der Waals surface area (Å²) in [6, 6.07) is 11.3. The Morgan fingerprint density at radius 1 is 1.11 bits per heavy atom. The second-order valence-electron chi connectivity index (χ2n) is 3.90. The van der Waals surface area contributed by atoms with Crippen LogP contribution in [0.5, 0.6) is 0 Å². The van der Waals surface area contributed by atoms with Gasteiger partial charge in [-0.1, -0.05) is 39.7 Å². The lowest BCUT2D eigenvalue weighted by Gasteiger charge is -2.24. The zero-order valence-electron chi connectivity index (χ0n) is 9.97. The Bertz CT molecular complexity index is 699. The molecule has 3 nitrogen and oxygen atoms in total. The van der Waals surface area contributed by atoms with Gasteiger partial charge >= 0.3 is 0 Å². The van der Waals surface area contributed by atoms with Gasteiger partial charge in [0.05, 0.1) is 4.90 Å². The van der Waals surface area contributed by atoms with Gasteiger partial charge in [-0.2, -0.15) is 0 Å². The molecule has 0 aromatic heterocycles. The molecule has 0 saturated heterocycles. The van der Waals surface area contributed by atoms with Gasteiger partial charge in [0, 0.05) is 9.50 Å². The van der Waals surface area contributed by atoms with Crippen molar-refractivity contribution < 1.29 is 8.42 Å². The summed E-state index contributed by atoms with van der Waals surface area (Å²) in [5, 5.41) is 0.493.